The van der Waals surface area contributed by atoms with Crippen molar-refractivity contribution in [2.24, 2.45) is 0 Å². The standard InChI is InChI=1S/C18H20N2O.ClH/c21-18(20-13-4-11-19-12-14-20)17-9-7-16(8-10-17)15-5-2-1-3-6-15;/h1-3,5-10,19H,4,11-14H2;1H. The predicted octanol–water partition coefficient (Wildman–Crippen LogP) is 3.21. The highest BCUT2D eigenvalue weighted by Gasteiger charge is 2.16. The molecule has 3 nitrogen and oxygen atoms in total. The number of rotatable bonds is 2. The van der Waals surface area contributed by atoms with Crippen LogP contribution in [0.1, 0.15) is 16.8 Å². The summed E-state index contributed by atoms with van der Waals surface area (Å²) in [5.74, 6) is 0.137. The first-order chi connectivity index (χ1) is 10.3. The lowest BCUT2D eigenvalue weighted by Gasteiger charge is -2.20. The molecule has 0 bridgehead atoms. The summed E-state index contributed by atoms with van der Waals surface area (Å²) in [6.07, 6.45) is 1.02. The fourth-order valence-electron chi connectivity index (χ4n) is 2.67. The molecule has 22 heavy (non-hydrogen) atoms. The van der Waals surface area contributed by atoms with Crippen LogP contribution in [0.3, 0.4) is 0 Å². The molecule has 4 heteroatoms. The van der Waals surface area contributed by atoms with Gasteiger partial charge in [-0.25, -0.2) is 0 Å². The monoisotopic (exact) mass is 316 g/mol. The van der Waals surface area contributed by atoms with Crippen LogP contribution in [0.5, 0.6) is 0 Å². The van der Waals surface area contributed by atoms with E-state index in [1.54, 1.807) is 0 Å². The van der Waals surface area contributed by atoms with Crippen LogP contribution in [0.4, 0.5) is 0 Å². The van der Waals surface area contributed by atoms with Gasteiger partial charge < -0.3 is 10.2 Å². The molecule has 1 heterocycles. The third-order valence-corrected chi connectivity index (χ3v) is 3.87. The SMILES string of the molecule is Cl.O=C(c1ccc(-c2ccccc2)cc1)N1CCCNCC1. The minimum absolute atomic E-state index is 0. The number of amides is 1. The van der Waals surface area contributed by atoms with Gasteiger partial charge in [0.1, 0.15) is 0 Å². The summed E-state index contributed by atoms with van der Waals surface area (Å²) in [5, 5.41) is 3.32. The van der Waals surface area contributed by atoms with E-state index >= 15 is 0 Å². The summed E-state index contributed by atoms with van der Waals surface area (Å²) in [6.45, 7) is 3.51. The number of carbonyl (C=O) groups excluding carboxylic acids is 1. The highest BCUT2D eigenvalue weighted by atomic mass is 35.5. The van der Waals surface area contributed by atoms with E-state index in [1.807, 2.05) is 47.4 Å². The van der Waals surface area contributed by atoms with Crippen molar-refractivity contribution < 1.29 is 4.79 Å². The first-order valence-corrected chi connectivity index (χ1v) is 7.50. The van der Waals surface area contributed by atoms with Gasteiger partial charge in [-0.3, -0.25) is 4.79 Å². The summed E-state index contributed by atoms with van der Waals surface area (Å²) in [6, 6.07) is 18.1. The van der Waals surface area contributed by atoms with Crippen molar-refractivity contribution in [3.63, 3.8) is 0 Å². The van der Waals surface area contributed by atoms with Crippen LogP contribution in [-0.2, 0) is 0 Å². The zero-order valence-corrected chi connectivity index (χ0v) is 13.3. The number of hydrogen-bond acceptors (Lipinski definition) is 2. The summed E-state index contributed by atoms with van der Waals surface area (Å²) in [7, 11) is 0. The molecule has 116 valence electrons. The highest BCUT2D eigenvalue weighted by Crippen LogP contribution is 2.19. The third-order valence-electron chi connectivity index (χ3n) is 3.87. The Morgan fingerprint density at radius 3 is 2.27 bits per heavy atom. The van der Waals surface area contributed by atoms with Crippen LogP contribution >= 0.6 is 12.4 Å². The molecule has 1 saturated heterocycles. The number of halogens is 1. The lowest BCUT2D eigenvalue weighted by molar-refractivity contribution is 0.0766. The van der Waals surface area contributed by atoms with Crippen LogP contribution in [0.25, 0.3) is 11.1 Å². The summed E-state index contributed by atoms with van der Waals surface area (Å²) >= 11 is 0. The molecule has 1 fully saturated rings. The fraction of sp³-hybridized carbons (Fsp3) is 0.278. The van der Waals surface area contributed by atoms with Gasteiger partial charge in [-0.2, -0.15) is 0 Å². The molecule has 1 aliphatic rings. The Labute approximate surface area is 137 Å². The van der Waals surface area contributed by atoms with Crippen LogP contribution < -0.4 is 5.32 Å². The van der Waals surface area contributed by atoms with Crippen molar-refractivity contribution in [2.75, 3.05) is 26.2 Å². The van der Waals surface area contributed by atoms with E-state index in [1.165, 1.54) is 5.56 Å². The second kappa shape index (κ2) is 7.97. The molecule has 0 atom stereocenters. The van der Waals surface area contributed by atoms with Crippen molar-refractivity contribution in [1.29, 1.82) is 0 Å². The maximum Gasteiger partial charge on any atom is 0.253 e. The Hall–Kier alpha value is -1.84. The van der Waals surface area contributed by atoms with Crippen molar-refractivity contribution in [3.8, 4) is 11.1 Å². The molecule has 1 amide bonds. The quantitative estimate of drug-likeness (QED) is 0.922. The van der Waals surface area contributed by atoms with Gasteiger partial charge in [0, 0.05) is 25.2 Å². The van der Waals surface area contributed by atoms with Gasteiger partial charge in [-0.15, -0.1) is 12.4 Å². The number of benzene rings is 2. The Morgan fingerprint density at radius 1 is 0.864 bits per heavy atom. The molecular formula is C18H21ClN2O. The molecule has 0 aliphatic carbocycles. The Kier molecular flexibility index (Phi) is 5.99. The van der Waals surface area contributed by atoms with E-state index in [4.69, 9.17) is 0 Å². The topological polar surface area (TPSA) is 32.3 Å². The molecule has 1 N–H and O–H groups in total. The van der Waals surface area contributed by atoms with Crippen molar-refractivity contribution in [3.05, 3.63) is 60.2 Å². The highest BCUT2D eigenvalue weighted by molar-refractivity contribution is 5.94. The average Bonchev–Trinajstić information content (AvgIpc) is 2.84. The minimum Gasteiger partial charge on any atom is -0.337 e. The second-order valence-electron chi connectivity index (χ2n) is 5.34. The lowest BCUT2D eigenvalue weighted by Crippen LogP contribution is -2.34. The first-order valence-electron chi connectivity index (χ1n) is 7.50. The van der Waals surface area contributed by atoms with Crippen LogP contribution in [0.2, 0.25) is 0 Å². The summed E-state index contributed by atoms with van der Waals surface area (Å²) < 4.78 is 0. The largest absolute Gasteiger partial charge is 0.337 e. The van der Waals surface area contributed by atoms with Gasteiger partial charge >= 0.3 is 0 Å². The van der Waals surface area contributed by atoms with E-state index in [-0.39, 0.29) is 18.3 Å². The molecule has 2 aromatic rings. The molecule has 0 spiro atoms. The van der Waals surface area contributed by atoms with E-state index < -0.39 is 0 Å². The van der Waals surface area contributed by atoms with Gasteiger partial charge in [-0.05, 0) is 36.2 Å². The van der Waals surface area contributed by atoms with Gasteiger partial charge in [0.05, 0.1) is 0 Å². The van der Waals surface area contributed by atoms with Crippen LogP contribution in [-0.4, -0.2) is 37.0 Å². The smallest absolute Gasteiger partial charge is 0.253 e. The molecule has 1 aliphatic heterocycles. The fourth-order valence-corrected chi connectivity index (χ4v) is 2.67. The van der Waals surface area contributed by atoms with Crippen LogP contribution in [0, 0.1) is 0 Å². The zero-order chi connectivity index (χ0) is 14.5. The van der Waals surface area contributed by atoms with E-state index in [0.717, 1.165) is 43.7 Å². The summed E-state index contributed by atoms with van der Waals surface area (Å²) in [5.41, 5.74) is 3.09. The average molecular weight is 317 g/mol. The number of nitrogens with one attached hydrogen (secondary N) is 1. The molecule has 0 saturated carbocycles. The van der Waals surface area contributed by atoms with E-state index in [9.17, 15) is 4.79 Å². The molecular weight excluding hydrogens is 296 g/mol. The lowest BCUT2D eigenvalue weighted by atomic mass is 10.0. The van der Waals surface area contributed by atoms with Gasteiger partial charge in [0.2, 0.25) is 0 Å². The van der Waals surface area contributed by atoms with E-state index in [0.29, 0.717) is 0 Å². The normalized spacial score (nSPS) is 14.8. The molecule has 2 aromatic carbocycles. The van der Waals surface area contributed by atoms with Crippen molar-refractivity contribution in [1.82, 2.24) is 10.2 Å². The third kappa shape index (κ3) is 3.87. The summed E-state index contributed by atoms with van der Waals surface area (Å²) in [4.78, 5) is 14.4. The molecule has 0 radical (unpaired) electrons. The predicted molar refractivity (Wildman–Crippen MR) is 92.5 cm³/mol. The first kappa shape index (κ1) is 16.5. The van der Waals surface area contributed by atoms with E-state index in [2.05, 4.69) is 17.4 Å². The number of carbonyl (C=O) groups is 1. The van der Waals surface area contributed by atoms with Gasteiger partial charge in [-0.1, -0.05) is 42.5 Å². The zero-order valence-electron chi connectivity index (χ0n) is 12.5. The van der Waals surface area contributed by atoms with Gasteiger partial charge in [0.15, 0.2) is 0 Å². The number of nitrogens with zero attached hydrogens (tertiary/aromatic N) is 1. The molecule has 3 rings (SSSR count). The van der Waals surface area contributed by atoms with Gasteiger partial charge in [0.25, 0.3) is 5.91 Å². The Balaban J connectivity index is 0.00000176. The maximum atomic E-state index is 12.5. The Morgan fingerprint density at radius 2 is 1.55 bits per heavy atom. The number of hydrogen-bond donors (Lipinski definition) is 1. The van der Waals surface area contributed by atoms with Crippen molar-refractivity contribution >= 4 is 18.3 Å². The maximum absolute atomic E-state index is 12.5. The second-order valence-corrected chi connectivity index (χ2v) is 5.34. The van der Waals surface area contributed by atoms with Crippen molar-refractivity contribution in [2.45, 2.75) is 6.42 Å². The molecule has 0 unspecified atom stereocenters. The minimum atomic E-state index is 0. The Bertz CT molecular complexity index is 590. The van der Waals surface area contributed by atoms with Crippen LogP contribution in [0.15, 0.2) is 54.6 Å². The molecule has 0 aromatic heterocycles.